The summed E-state index contributed by atoms with van der Waals surface area (Å²) >= 11 is 0. The van der Waals surface area contributed by atoms with Gasteiger partial charge < -0.3 is 23.4 Å². The van der Waals surface area contributed by atoms with E-state index in [1.54, 1.807) is 12.5 Å². The molecule has 1 aromatic heterocycles. The van der Waals surface area contributed by atoms with E-state index in [-0.39, 0.29) is 42.7 Å². The van der Waals surface area contributed by atoms with Crippen LogP contribution in [-0.2, 0) is 33.3 Å². The fraction of sp³-hybridized carbons (Fsp3) is 0.731. The minimum Gasteiger partial charge on any atom is -0.472 e. The Morgan fingerprint density at radius 1 is 0.971 bits per heavy atom. The number of rotatable bonds is 1. The number of ether oxygens (including phenoxy) is 4. The minimum atomic E-state index is -0.976. The lowest BCUT2D eigenvalue weighted by Gasteiger charge is -2.65. The lowest BCUT2D eigenvalue weighted by atomic mass is 9.37. The summed E-state index contributed by atoms with van der Waals surface area (Å²) < 4.78 is 29.8. The van der Waals surface area contributed by atoms with Crippen molar-refractivity contribution in [3.63, 3.8) is 0 Å². The highest BCUT2D eigenvalue weighted by Gasteiger charge is 2.89. The average Bonchev–Trinajstić information content (AvgIpc) is 3.26. The molecule has 8 heteroatoms. The maximum absolute atomic E-state index is 14.2. The Bertz CT molecular complexity index is 1120. The zero-order valence-corrected chi connectivity index (χ0v) is 19.9. The van der Waals surface area contributed by atoms with Crippen molar-refractivity contribution >= 4 is 17.7 Å². The van der Waals surface area contributed by atoms with Crippen LogP contribution in [0.15, 0.2) is 23.0 Å². The fourth-order valence-electron chi connectivity index (χ4n) is 9.34. The first-order valence-corrected chi connectivity index (χ1v) is 12.3. The van der Waals surface area contributed by atoms with Crippen LogP contribution in [0.2, 0.25) is 0 Å². The number of hydrogen-bond acceptors (Lipinski definition) is 8. The predicted octanol–water partition coefficient (Wildman–Crippen LogP) is 3.14. The average molecular weight is 471 g/mol. The van der Waals surface area contributed by atoms with E-state index in [0.717, 1.165) is 12.0 Å². The molecule has 0 bridgehead atoms. The molecular formula is C26H30O8. The molecular weight excluding hydrogens is 440 g/mol. The van der Waals surface area contributed by atoms with E-state index in [4.69, 9.17) is 23.4 Å². The number of carbonyl (C=O) groups is 3. The largest absolute Gasteiger partial charge is 0.472 e. The summed E-state index contributed by atoms with van der Waals surface area (Å²) in [7, 11) is 0. The summed E-state index contributed by atoms with van der Waals surface area (Å²) in [5.74, 6) is -0.780. The van der Waals surface area contributed by atoms with Gasteiger partial charge in [0.05, 0.1) is 36.1 Å². The van der Waals surface area contributed by atoms with Gasteiger partial charge in [-0.3, -0.25) is 9.59 Å². The Labute approximate surface area is 197 Å². The summed E-state index contributed by atoms with van der Waals surface area (Å²) in [4.78, 5) is 39.7. The second-order valence-electron chi connectivity index (χ2n) is 12.2. The SMILES string of the molecule is CC1(C)O[C@H]2CC(=O)OC[C@]23[C@H]1CC(=O)[C@]1(C)[C@H]3CC[C@@]2(C)[C@H](c3ccoc3)OC(=O)[C@H]3O[C@@]321. The summed E-state index contributed by atoms with van der Waals surface area (Å²) in [5.41, 5.74) is -2.78. The summed E-state index contributed by atoms with van der Waals surface area (Å²) in [6.45, 7) is 8.36. The monoisotopic (exact) mass is 470 g/mol. The number of epoxide rings is 1. The van der Waals surface area contributed by atoms with Gasteiger partial charge >= 0.3 is 11.9 Å². The van der Waals surface area contributed by atoms with Crippen LogP contribution in [0.25, 0.3) is 0 Å². The van der Waals surface area contributed by atoms with E-state index >= 15 is 0 Å². The first kappa shape index (κ1) is 21.1. The van der Waals surface area contributed by atoms with E-state index in [1.165, 1.54) is 0 Å². The summed E-state index contributed by atoms with van der Waals surface area (Å²) in [6, 6.07) is 1.81. The molecule has 34 heavy (non-hydrogen) atoms. The molecule has 8 nitrogen and oxygen atoms in total. The van der Waals surface area contributed by atoms with E-state index < -0.39 is 45.6 Å². The number of carbonyl (C=O) groups excluding carboxylic acids is 3. The summed E-state index contributed by atoms with van der Waals surface area (Å²) in [6.07, 6.45) is 3.46. The van der Waals surface area contributed by atoms with Crippen molar-refractivity contribution in [1.82, 2.24) is 0 Å². The Morgan fingerprint density at radius 2 is 1.76 bits per heavy atom. The molecule has 4 saturated heterocycles. The van der Waals surface area contributed by atoms with Crippen LogP contribution in [0.5, 0.6) is 0 Å². The number of Topliss-reactive ketones (excluding diaryl/α,β-unsaturated/α-hetero) is 1. The van der Waals surface area contributed by atoms with Gasteiger partial charge in [0.15, 0.2) is 6.10 Å². The van der Waals surface area contributed by atoms with Gasteiger partial charge in [0.2, 0.25) is 0 Å². The molecule has 6 fully saturated rings. The van der Waals surface area contributed by atoms with Gasteiger partial charge in [0, 0.05) is 28.7 Å². The molecule has 2 saturated carbocycles. The normalized spacial score (nSPS) is 52.4. The number of ketones is 1. The van der Waals surface area contributed by atoms with Crippen LogP contribution in [0.3, 0.4) is 0 Å². The van der Waals surface area contributed by atoms with Gasteiger partial charge in [-0.2, -0.15) is 0 Å². The number of cyclic esters (lactones) is 2. The molecule has 7 rings (SSSR count). The van der Waals surface area contributed by atoms with Gasteiger partial charge in [0.25, 0.3) is 0 Å². The maximum atomic E-state index is 14.2. The van der Waals surface area contributed by atoms with Crippen LogP contribution in [0.1, 0.15) is 65.0 Å². The van der Waals surface area contributed by atoms with Gasteiger partial charge in [0.1, 0.15) is 24.1 Å². The van der Waals surface area contributed by atoms with Gasteiger partial charge in [-0.15, -0.1) is 0 Å². The van der Waals surface area contributed by atoms with Crippen LogP contribution in [0, 0.1) is 28.1 Å². The van der Waals surface area contributed by atoms with Gasteiger partial charge in [-0.1, -0.05) is 6.92 Å². The quantitative estimate of drug-likeness (QED) is 0.455. The molecule has 6 aliphatic rings. The maximum Gasteiger partial charge on any atom is 0.339 e. The van der Waals surface area contributed by atoms with Crippen LogP contribution in [0.4, 0.5) is 0 Å². The van der Waals surface area contributed by atoms with E-state index in [0.29, 0.717) is 12.8 Å². The third kappa shape index (κ3) is 2.02. The lowest BCUT2D eigenvalue weighted by Crippen LogP contribution is -2.72. The first-order valence-electron chi connectivity index (χ1n) is 12.3. The molecule has 0 amide bonds. The number of esters is 2. The van der Waals surface area contributed by atoms with Gasteiger partial charge in [-0.05, 0) is 45.6 Å². The van der Waals surface area contributed by atoms with E-state index in [1.807, 2.05) is 26.8 Å². The molecule has 2 spiro atoms. The summed E-state index contributed by atoms with van der Waals surface area (Å²) in [5, 5.41) is 0. The topological polar surface area (TPSA) is 105 Å². The van der Waals surface area contributed by atoms with Gasteiger partial charge in [-0.25, -0.2) is 4.79 Å². The zero-order chi connectivity index (χ0) is 23.9. The van der Waals surface area contributed by atoms with E-state index in [9.17, 15) is 14.4 Å². The first-order chi connectivity index (χ1) is 16.0. The zero-order valence-electron chi connectivity index (χ0n) is 19.9. The smallest absolute Gasteiger partial charge is 0.339 e. The third-order valence-corrected chi connectivity index (χ3v) is 10.7. The van der Waals surface area contributed by atoms with Crippen LogP contribution in [-0.4, -0.2) is 47.7 Å². The van der Waals surface area contributed by atoms with Crippen molar-refractivity contribution in [2.75, 3.05) is 6.61 Å². The molecule has 9 atom stereocenters. The number of furan rings is 1. The lowest BCUT2D eigenvalue weighted by molar-refractivity contribution is -0.225. The second-order valence-corrected chi connectivity index (χ2v) is 12.2. The Morgan fingerprint density at radius 3 is 2.50 bits per heavy atom. The Balaban J connectivity index is 1.41. The van der Waals surface area contributed by atoms with Crippen LogP contribution < -0.4 is 0 Å². The highest BCUT2D eigenvalue weighted by Crippen LogP contribution is 2.79. The van der Waals surface area contributed by atoms with Crippen molar-refractivity contribution in [2.24, 2.45) is 28.1 Å². The molecule has 4 aliphatic heterocycles. The van der Waals surface area contributed by atoms with Crippen LogP contribution >= 0.6 is 0 Å². The molecule has 0 N–H and O–H groups in total. The number of hydrogen-bond donors (Lipinski definition) is 0. The molecule has 0 radical (unpaired) electrons. The number of fused-ring (bicyclic) bond motifs is 1. The van der Waals surface area contributed by atoms with Crippen molar-refractivity contribution < 1.29 is 37.7 Å². The standard InChI is InChI=1S/C26H30O8/c1-22(2)15-9-16(27)24(4)14(25(15)12-31-18(28)10-17(25)33-22)5-7-23(3)19(13-6-8-30-11-13)32-21(29)20-26(23,24)34-20/h6,8,11,14-15,17,19-20H,5,7,9-10,12H2,1-4H3/t14-,15+,17+,19+,20-,23+,24+,25+,26+/m1/s1. The third-order valence-electron chi connectivity index (χ3n) is 10.7. The molecule has 0 unspecified atom stereocenters. The highest BCUT2D eigenvalue weighted by atomic mass is 16.7. The van der Waals surface area contributed by atoms with Crippen molar-refractivity contribution in [2.45, 2.75) is 82.9 Å². The van der Waals surface area contributed by atoms with Crippen molar-refractivity contribution in [1.29, 1.82) is 0 Å². The molecule has 2 aliphatic carbocycles. The molecule has 1 aromatic rings. The second kappa shape index (κ2) is 5.95. The highest BCUT2D eigenvalue weighted by molar-refractivity contribution is 5.93. The fourth-order valence-corrected chi connectivity index (χ4v) is 9.34. The molecule has 0 aromatic carbocycles. The Kier molecular flexibility index (Phi) is 3.70. The minimum absolute atomic E-state index is 0.0677. The van der Waals surface area contributed by atoms with E-state index in [2.05, 4.69) is 6.92 Å². The Hall–Kier alpha value is -2.19. The predicted molar refractivity (Wildman–Crippen MR) is 114 cm³/mol. The molecule has 182 valence electrons. The molecule has 5 heterocycles. The van der Waals surface area contributed by atoms with Crippen molar-refractivity contribution in [3.05, 3.63) is 24.2 Å². The van der Waals surface area contributed by atoms with Crippen molar-refractivity contribution in [3.8, 4) is 0 Å².